The predicted molar refractivity (Wildman–Crippen MR) is 91.9 cm³/mol. The first-order valence-corrected chi connectivity index (χ1v) is 8.91. The Kier molecular flexibility index (Phi) is 4.99. The molecule has 134 valence electrons. The number of thiazole rings is 1. The molecule has 0 spiro atoms. The molecule has 25 heavy (non-hydrogen) atoms. The summed E-state index contributed by atoms with van der Waals surface area (Å²) in [6.45, 7) is 0. The molecular formula is C17H18F3N3OS. The number of nitrogens with two attached hydrogens (primary N) is 1. The average molecular weight is 369 g/mol. The molecule has 4 nitrogen and oxygen atoms in total. The summed E-state index contributed by atoms with van der Waals surface area (Å²) in [5.74, 6) is -0.311. The van der Waals surface area contributed by atoms with Crippen molar-refractivity contribution in [2.45, 2.75) is 44.3 Å². The summed E-state index contributed by atoms with van der Waals surface area (Å²) in [6, 6.07) is 4.45. The monoisotopic (exact) mass is 369 g/mol. The zero-order valence-corrected chi connectivity index (χ0v) is 14.2. The van der Waals surface area contributed by atoms with Crippen molar-refractivity contribution < 1.29 is 18.0 Å². The Morgan fingerprint density at radius 1 is 1.16 bits per heavy atom. The Balaban J connectivity index is 1.75. The topological polar surface area (TPSA) is 68.0 Å². The van der Waals surface area contributed by atoms with Gasteiger partial charge in [-0.15, -0.1) is 0 Å². The van der Waals surface area contributed by atoms with Gasteiger partial charge in [-0.2, -0.15) is 13.2 Å². The van der Waals surface area contributed by atoms with Crippen molar-refractivity contribution in [3.63, 3.8) is 0 Å². The molecule has 0 saturated heterocycles. The van der Waals surface area contributed by atoms with Crippen LogP contribution in [0.2, 0.25) is 0 Å². The van der Waals surface area contributed by atoms with E-state index in [0.717, 1.165) is 49.2 Å². The SMILES string of the molecule is Nc1nc(NC2CCCCC2)sc1C(=O)c1ccc(C(F)(F)F)cc1. The van der Waals surface area contributed by atoms with E-state index in [-0.39, 0.29) is 16.3 Å². The summed E-state index contributed by atoms with van der Waals surface area (Å²) in [6.07, 6.45) is 1.24. The van der Waals surface area contributed by atoms with Crippen molar-refractivity contribution in [2.24, 2.45) is 0 Å². The summed E-state index contributed by atoms with van der Waals surface area (Å²) in [4.78, 5) is 17.0. The fourth-order valence-corrected chi connectivity index (χ4v) is 3.84. The lowest BCUT2D eigenvalue weighted by molar-refractivity contribution is -0.137. The Morgan fingerprint density at radius 3 is 2.40 bits per heavy atom. The van der Waals surface area contributed by atoms with Crippen molar-refractivity contribution in [1.29, 1.82) is 0 Å². The smallest absolute Gasteiger partial charge is 0.382 e. The number of rotatable bonds is 4. The Bertz CT molecular complexity index is 749. The van der Waals surface area contributed by atoms with E-state index >= 15 is 0 Å². The van der Waals surface area contributed by atoms with E-state index in [2.05, 4.69) is 10.3 Å². The molecule has 1 aromatic carbocycles. The van der Waals surface area contributed by atoms with E-state index in [4.69, 9.17) is 5.73 Å². The molecule has 1 saturated carbocycles. The van der Waals surface area contributed by atoms with E-state index < -0.39 is 17.5 Å². The van der Waals surface area contributed by atoms with Gasteiger partial charge in [0.2, 0.25) is 5.78 Å². The quantitative estimate of drug-likeness (QED) is 0.765. The van der Waals surface area contributed by atoms with Crippen molar-refractivity contribution in [3.8, 4) is 0 Å². The van der Waals surface area contributed by atoms with Crippen LogP contribution in [0, 0.1) is 0 Å². The number of nitrogen functional groups attached to an aromatic ring is 1. The molecule has 1 fully saturated rings. The molecule has 1 heterocycles. The second kappa shape index (κ2) is 7.03. The third kappa shape index (κ3) is 4.12. The molecule has 1 aliphatic rings. The maximum absolute atomic E-state index is 12.6. The molecule has 8 heteroatoms. The number of anilines is 2. The standard InChI is InChI=1S/C17H18F3N3OS/c18-17(19,20)11-8-6-10(7-9-11)13(24)14-15(21)23-16(25-14)22-12-4-2-1-3-5-12/h6-9,12H,1-5,21H2,(H,22,23). The number of halogens is 3. The maximum atomic E-state index is 12.6. The third-order valence-corrected chi connectivity index (χ3v) is 5.27. The van der Waals surface area contributed by atoms with Gasteiger partial charge in [-0.3, -0.25) is 4.79 Å². The van der Waals surface area contributed by atoms with Gasteiger partial charge in [0.1, 0.15) is 10.7 Å². The highest BCUT2D eigenvalue weighted by atomic mass is 32.1. The fraction of sp³-hybridized carbons (Fsp3) is 0.412. The minimum atomic E-state index is -4.43. The first-order valence-electron chi connectivity index (χ1n) is 8.09. The molecule has 0 unspecified atom stereocenters. The van der Waals surface area contributed by atoms with Crippen LogP contribution in [-0.2, 0) is 6.18 Å². The van der Waals surface area contributed by atoms with Crippen LogP contribution in [-0.4, -0.2) is 16.8 Å². The van der Waals surface area contributed by atoms with Crippen molar-refractivity contribution in [3.05, 3.63) is 40.3 Å². The van der Waals surface area contributed by atoms with Gasteiger partial charge in [-0.1, -0.05) is 42.7 Å². The molecule has 0 atom stereocenters. The molecule has 0 radical (unpaired) electrons. The number of alkyl halides is 3. The molecule has 3 rings (SSSR count). The first-order chi connectivity index (χ1) is 11.8. The second-order valence-electron chi connectivity index (χ2n) is 6.12. The Morgan fingerprint density at radius 2 is 1.80 bits per heavy atom. The second-order valence-corrected chi connectivity index (χ2v) is 7.12. The third-order valence-electron chi connectivity index (χ3n) is 4.27. The normalized spacial score (nSPS) is 16.0. The van der Waals surface area contributed by atoms with Crippen LogP contribution in [0.15, 0.2) is 24.3 Å². The van der Waals surface area contributed by atoms with Gasteiger partial charge in [0.15, 0.2) is 5.13 Å². The van der Waals surface area contributed by atoms with Gasteiger partial charge in [-0.25, -0.2) is 4.98 Å². The van der Waals surface area contributed by atoms with Crippen LogP contribution in [0.5, 0.6) is 0 Å². The van der Waals surface area contributed by atoms with E-state index in [9.17, 15) is 18.0 Å². The molecule has 3 N–H and O–H groups in total. The van der Waals surface area contributed by atoms with Crippen LogP contribution in [0.25, 0.3) is 0 Å². The lowest BCUT2D eigenvalue weighted by Gasteiger charge is -2.22. The first kappa shape index (κ1) is 17.7. The minimum absolute atomic E-state index is 0.105. The van der Waals surface area contributed by atoms with Gasteiger partial charge in [0.25, 0.3) is 0 Å². The van der Waals surface area contributed by atoms with Crippen LogP contribution < -0.4 is 11.1 Å². The number of hydrogen-bond donors (Lipinski definition) is 2. The Labute approximate surface area is 147 Å². The van der Waals surface area contributed by atoms with Gasteiger partial charge in [0.05, 0.1) is 5.56 Å². The molecule has 2 aromatic rings. The average Bonchev–Trinajstić information content (AvgIpc) is 2.95. The molecule has 1 aromatic heterocycles. The lowest BCUT2D eigenvalue weighted by atomic mass is 9.96. The molecule has 0 bridgehead atoms. The molecule has 0 amide bonds. The van der Waals surface area contributed by atoms with Gasteiger partial charge in [0, 0.05) is 11.6 Å². The zero-order chi connectivity index (χ0) is 18.0. The number of ketones is 1. The fourth-order valence-electron chi connectivity index (χ4n) is 2.92. The maximum Gasteiger partial charge on any atom is 0.416 e. The molecule has 1 aliphatic carbocycles. The highest BCUT2D eigenvalue weighted by Gasteiger charge is 2.30. The summed E-state index contributed by atoms with van der Waals surface area (Å²) in [5, 5.41) is 3.89. The number of aromatic nitrogens is 1. The van der Waals surface area contributed by atoms with E-state index in [1.54, 1.807) is 0 Å². The number of nitrogens with zero attached hydrogens (tertiary/aromatic N) is 1. The van der Waals surface area contributed by atoms with E-state index in [1.165, 1.54) is 18.6 Å². The predicted octanol–water partition coefficient (Wildman–Crippen LogP) is 4.72. The summed E-state index contributed by atoms with van der Waals surface area (Å²) >= 11 is 1.15. The highest BCUT2D eigenvalue weighted by Crippen LogP contribution is 2.32. The number of carbonyl (C=O) groups is 1. The van der Waals surface area contributed by atoms with Crippen LogP contribution >= 0.6 is 11.3 Å². The van der Waals surface area contributed by atoms with Crippen LogP contribution in [0.4, 0.5) is 24.1 Å². The summed E-state index contributed by atoms with van der Waals surface area (Å²) in [5.41, 5.74) is 5.21. The Hall–Kier alpha value is -2.09. The molecule has 0 aliphatic heterocycles. The largest absolute Gasteiger partial charge is 0.416 e. The highest BCUT2D eigenvalue weighted by molar-refractivity contribution is 7.18. The number of hydrogen-bond acceptors (Lipinski definition) is 5. The lowest BCUT2D eigenvalue weighted by Crippen LogP contribution is -2.22. The zero-order valence-electron chi connectivity index (χ0n) is 13.4. The van der Waals surface area contributed by atoms with E-state index in [1.807, 2.05) is 0 Å². The summed E-state index contributed by atoms with van der Waals surface area (Å²) < 4.78 is 37.8. The van der Waals surface area contributed by atoms with Gasteiger partial charge >= 0.3 is 6.18 Å². The van der Waals surface area contributed by atoms with Gasteiger partial charge < -0.3 is 11.1 Å². The summed E-state index contributed by atoms with van der Waals surface area (Å²) in [7, 11) is 0. The number of benzene rings is 1. The van der Waals surface area contributed by atoms with Crippen molar-refractivity contribution in [2.75, 3.05) is 11.1 Å². The van der Waals surface area contributed by atoms with Gasteiger partial charge in [-0.05, 0) is 25.0 Å². The van der Waals surface area contributed by atoms with Crippen LogP contribution in [0.1, 0.15) is 52.9 Å². The molecular weight excluding hydrogens is 351 g/mol. The van der Waals surface area contributed by atoms with Crippen molar-refractivity contribution in [1.82, 2.24) is 4.98 Å². The number of carbonyl (C=O) groups excluding carboxylic acids is 1. The van der Waals surface area contributed by atoms with Crippen molar-refractivity contribution >= 4 is 28.1 Å². The number of nitrogens with one attached hydrogen (secondary N) is 1. The van der Waals surface area contributed by atoms with E-state index in [0.29, 0.717) is 11.2 Å². The minimum Gasteiger partial charge on any atom is -0.382 e. The van der Waals surface area contributed by atoms with Crippen LogP contribution in [0.3, 0.4) is 0 Å².